The molecule has 0 saturated carbocycles. The van der Waals surface area contributed by atoms with Crippen molar-refractivity contribution in [3.8, 4) is 5.75 Å². The summed E-state index contributed by atoms with van der Waals surface area (Å²) in [4.78, 5) is 35.8. The van der Waals surface area contributed by atoms with Crippen molar-refractivity contribution >= 4 is 22.8 Å². The Morgan fingerprint density at radius 1 is 1.11 bits per heavy atom. The Labute approximate surface area is 160 Å². The summed E-state index contributed by atoms with van der Waals surface area (Å²) in [5.74, 6) is -0.498. The van der Waals surface area contributed by atoms with Crippen molar-refractivity contribution in [2.75, 3.05) is 13.7 Å². The summed E-state index contributed by atoms with van der Waals surface area (Å²) in [5.41, 5.74) is 1.78. The minimum Gasteiger partial charge on any atom is -0.497 e. The molecule has 1 N–H and O–H groups in total. The summed E-state index contributed by atoms with van der Waals surface area (Å²) in [6.45, 7) is 1.49. The van der Waals surface area contributed by atoms with E-state index in [2.05, 4.69) is 5.32 Å². The van der Waals surface area contributed by atoms with Crippen molar-refractivity contribution in [2.45, 2.75) is 13.5 Å². The highest BCUT2D eigenvalue weighted by atomic mass is 16.5. The standard InChI is InChI=1S/C21H19NO6/c1-13-6-7-17-15(10-19(23)28-18(17)8-13)12-27-20(24)11-22-21(25)14-4-3-5-16(9-14)26-2/h3-10H,11-12H2,1-2H3,(H,22,25). The second-order valence-electron chi connectivity index (χ2n) is 6.17. The summed E-state index contributed by atoms with van der Waals surface area (Å²) in [6.07, 6.45) is 0. The van der Waals surface area contributed by atoms with E-state index in [1.807, 2.05) is 13.0 Å². The monoisotopic (exact) mass is 381 g/mol. The third-order valence-electron chi connectivity index (χ3n) is 4.10. The minimum atomic E-state index is -0.621. The van der Waals surface area contributed by atoms with Crippen LogP contribution in [0.25, 0.3) is 11.0 Å². The molecule has 7 heteroatoms. The molecule has 0 aliphatic rings. The molecule has 1 aromatic heterocycles. The summed E-state index contributed by atoms with van der Waals surface area (Å²) < 4.78 is 15.4. The second-order valence-corrected chi connectivity index (χ2v) is 6.17. The maximum atomic E-state index is 12.1. The van der Waals surface area contributed by atoms with Gasteiger partial charge in [0.15, 0.2) is 0 Å². The Bertz CT molecular complexity index is 1090. The number of amides is 1. The molecule has 0 unspecified atom stereocenters. The van der Waals surface area contributed by atoms with E-state index in [-0.39, 0.29) is 13.2 Å². The van der Waals surface area contributed by atoms with Crippen LogP contribution in [0.15, 0.2) is 57.7 Å². The van der Waals surface area contributed by atoms with Crippen LogP contribution in [0.3, 0.4) is 0 Å². The molecular formula is C21H19NO6. The van der Waals surface area contributed by atoms with Gasteiger partial charge in [-0.2, -0.15) is 0 Å². The van der Waals surface area contributed by atoms with Crippen molar-refractivity contribution in [1.82, 2.24) is 5.32 Å². The minimum absolute atomic E-state index is 0.0982. The maximum absolute atomic E-state index is 12.1. The van der Waals surface area contributed by atoms with Crippen LogP contribution in [0.5, 0.6) is 5.75 Å². The third-order valence-corrected chi connectivity index (χ3v) is 4.10. The summed E-state index contributed by atoms with van der Waals surface area (Å²) >= 11 is 0. The van der Waals surface area contributed by atoms with Gasteiger partial charge in [-0.15, -0.1) is 0 Å². The van der Waals surface area contributed by atoms with Gasteiger partial charge in [0.1, 0.15) is 24.5 Å². The van der Waals surface area contributed by atoms with E-state index >= 15 is 0 Å². The van der Waals surface area contributed by atoms with Crippen molar-refractivity contribution in [2.24, 2.45) is 0 Å². The zero-order valence-electron chi connectivity index (χ0n) is 15.5. The molecule has 0 aliphatic heterocycles. The predicted molar refractivity (Wildman–Crippen MR) is 102 cm³/mol. The molecule has 0 saturated heterocycles. The first kappa shape index (κ1) is 19.2. The van der Waals surface area contributed by atoms with Gasteiger partial charge in [0.05, 0.1) is 7.11 Å². The number of carbonyl (C=O) groups is 2. The lowest BCUT2D eigenvalue weighted by Gasteiger charge is -2.09. The summed E-state index contributed by atoms with van der Waals surface area (Å²) in [6, 6.07) is 13.3. The molecule has 0 atom stereocenters. The second kappa shape index (κ2) is 8.39. The Hall–Kier alpha value is -3.61. The van der Waals surface area contributed by atoms with E-state index < -0.39 is 17.5 Å². The molecule has 2 aromatic carbocycles. The average molecular weight is 381 g/mol. The van der Waals surface area contributed by atoms with Gasteiger partial charge in [0, 0.05) is 22.6 Å². The molecule has 1 heterocycles. The number of hydrogen-bond donors (Lipinski definition) is 1. The van der Waals surface area contributed by atoms with E-state index in [1.54, 1.807) is 36.4 Å². The van der Waals surface area contributed by atoms with E-state index in [1.165, 1.54) is 13.2 Å². The van der Waals surface area contributed by atoms with E-state index in [0.29, 0.717) is 27.8 Å². The van der Waals surface area contributed by atoms with Crippen LogP contribution in [0.4, 0.5) is 0 Å². The van der Waals surface area contributed by atoms with E-state index in [9.17, 15) is 14.4 Å². The van der Waals surface area contributed by atoms with Crippen LogP contribution >= 0.6 is 0 Å². The fraction of sp³-hybridized carbons (Fsp3) is 0.190. The SMILES string of the molecule is COc1cccc(C(=O)NCC(=O)OCc2cc(=O)oc3cc(C)ccc23)c1. The molecule has 0 bridgehead atoms. The van der Waals surface area contributed by atoms with Gasteiger partial charge in [-0.3, -0.25) is 9.59 Å². The lowest BCUT2D eigenvalue weighted by atomic mass is 10.1. The van der Waals surface area contributed by atoms with Gasteiger partial charge in [-0.1, -0.05) is 18.2 Å². The van der Waals surface area contributed by atoms with Gasteiger partial charge in [0.2, 0.25) is 0 Å². The fourth-order valence-corrected chi connectivity index (χ4v) is 2.68. The van der Waals surface area contributed by atoms with Crippen LogP contribution in [-0.2, 0) is 16.1 Å². The van der Waals surface area contributed by atoms with Crippen LogP contribution in [-0.4, -0.2) is 25.5 Å². The number of esters is 1. The van der Waals surface area contributed by atoms with E-state index in [0.717, 1.165) is 5.56 Å². The molecule has 3 aromatic rings. The number of carbonyl (C=O) groups excluding carboxylic acids is 2. The number of benzene rings is 2. The highest BCUT2D eigenvalue weighted by Gasteiger charge is 2.12. The van der Waals surface area contributed by atoms with Crippen molar-refractivity contribution in [3.63, 3.8) is 0 Å². The number of nitrogens with one attached hydrogen (secondary N) is 1. The molecule has 7 nitrogen and oxygen atoms in total. The Kier molecular flexibility index (Phi) is 5.74. The van der Waals surface area contributed by atoms with Gasteiger partial charge < -0.3 is 19.2 Å². The quantitative estimate of drug-likeness (QED) is 0.521. The molecule has 3 rings (SSSR count). The number of aryl methyl sites for hydroxylation is 1. The Morgan fingerprint density at radius 3 is 2.71 bits per heavy atom. The van der Waals surface area contributed by atoms with Gasteiger partial charge >= 0.3 is 11.6 Å². The molecular weight excluding hydrogens is 362 g/mol. The van der Waals surface area contributed by atoms with Gasteiger partial charge in [-0.05, 0) is 36.8 Å². The average Bonchev–Trinajstić information content (AvgIpc) is 2.69. The van der Waals surface area contributed by atoms with E-state index in [4.69, 9.17) is 13.9 Å². The van der Waals surface area contributed by atoms with Crippen LogP contribution in [0, 0.1) is 6.92 Å². The normalized spacial score (nSPS) is 10.5. The summed E-state index contributed by atoms with van der Waals surface area (Å²) in [5, 5.41) is 3.19. The smallest absolute Gasteiger partial charge is 0.336 e. The lowest BCUT2D eigenvalue weighted by Crippen LogP contribution is -2.30. The largest absolute Gasteiger partial charge is 0.497 e. The number of methoxy groups -OCH3 is 1. The van der Waals surface area contributed by atoms with Crippen LogP contribution in [0.2, 0.25) is 0 Å². The number of hydrogen-bond acceptors (Lipinski definition) is 6. The predicted octanol–water partition coefficient (Wildman–Crippen LogP) is 2.58. The summed E-state index contributed by atoms with van der Waals surface area (Å²) in [7, 11) is 1.50. The van der Waals surface area contributed by atoms with Crippen molar-refractivity contribution in [3.05, 3.63) is 75.6 Å². The first-order chi connectivity index (χ1) is 13.5. The van der Waals surface area contributed by atoms with Crippen molar-refractivity contribution in [1.29, 1.82) is 0 Å². The molecule has 0 fully saturated rings. The third kappa shape index (κ3) is 4.56. The molecule has 144 valence electrons. The Morgan fingerprint density at radius 2 is 1.93 bits per heavy atom. The maximum Gasteiger partial charge on any atom is 0.336 e. The molecule has 28 heavy (non-hydrogen) atoms. The zero-order valence-corrected chi connectivity index (χ0v) is 15.5. The Balaban J connectivity index is 1.61. The van der Waals surface area contributed by atoms with Gasteiger partial charge in [0.25, 0.3) is 5.91 Å². The van der Waals surface area contributed by atoms with Crippen LogP contribution in [0.1, 0.15) is 21.5 Å². The highest BCUT2D eigenvalue weighted by Crippen LogP contribution is 2.19. The zero-order chi connectivity index (χ0) is 20.1. The number of fused-ring (bicyclic) bond motifs is 1. The highest BCUT2D eigenvalue weighted by molar-refractivity contribution is 5.96. The number of ether oxygens (including phenoxy) is 2. The molecule has 0 spiro atoms. The van der Waals surface area contributed by atoms with Gasteiger partial charge in [-0.25, -0.2) is 4.79 Å². The number of rotatable bonds is 6. The molecule has 0 radical (unpaired) electrons. The topological polar surface area (TPSA) is 94.8 Å². The first-order valence-electron chi connectivity index (χ1n) is 8.57. The molecule has 0 aliphatic carbocycles. The van der Waals surface area contributed by atoms with Crippen LogP contribution < -0.4 is 15.7 Å². The first-order valence-corrected chi connectivity index (χ1v) is 8.57. The fourth-order valence-electron chi connectivity index (χ4n) is 2.68. The lowest BCUT2D eigenvalue weighted by molar-refractivity contribution is -0.143. The van der Waals surface area contributed by atoms with Crippen molar-refractivity contribution < 1.29 is 23.5 Å². The molecule has 1 amide bonds.